The number of halogens is 2. The third kappa shape index (κ3) is 13.6. The number of thiazole rings is 4. The molecule has 0 bridgehead atoms. The van der Waals surface area contributed by atoms with Crippen LogP contribution < -0.4 is 18.9 Å². The number of nitrogens with zero attached hydrogens (tertiary/aromatic N) is 4. The van der Waals surface area contributed by atoms with Crippen molar-refractivity contribution in [2.24, 2.45) is 0 Å². The van der Waals surface area contributed by atoms with Crippen LogP contribution in [0.2, 0.25) is 0 Å². The molecule has 8 aromatic rings. The van der Waals surface area contributed by atoms with Crippen LogP contribution in [0.3, 0.4) is 0 Å². The Kier molecular flexibility index (Phi) is 18.0. The number of hydrogen-bond acceptors (Lipinski definition) is 12. The van der Waals surface area contributed by atoms with E-state index in [0.717, 1.165) is 63.9 Å². The number of nitrogens with one attached hydrogen (secondary N) is 4. The Morgan fingerprint density at radius 2 is 0.636 bits per heavy atom. The molecular formula is C36H36Cl2N8O4RhS4-4. The van der Waals surface area contributed by atoms with Crippen LogP contribution in [0.5, 0.6) is 23.0 Å². The summed E-state index contributed by atoms with van der Waals surface area (Å²) in [6.45, 7) is 10.5. The van der Waals surface area contributed by atoms with Gasteiger partial charge in [-0.25, -0.2) is 0 Å². The molecule has 55 heavy (non-hydrogen) atoms. The Balaban J connectivity index is 0.000000159. The third-order valence-corrected chi connectivity index (χ3v) is 10.0. The first kappa shape index (κ1) is 43.8. The van der Waals surface area contributed by atoms with Crippen molar-refractivity contribution in [3.63, 3.8) is 0 Å². The van der Waals surface area contributed by atoms with Gasteiger partial charge < -0.3 is 61.8 Å². The fourth-order valence-electron chi connectivity index (χ4n) is 4.65. The van der Waals surface area contributed by atoms with E-state index in [0.29, 0.717) is 47.0 Å². The van der Waals surface area contributed by atoms with Crippen molar-refractivity contribution in [3.05, 3.63) is 95.7 Å². The van der Waals surface area contributed by atoms with E-state index in [-0.39, 0.29) is 15.1 Å². The maximum atomic E-state index is 7.36. The number of hydrogen-bond donors (Lipinski definition) is 0. The topological polar surface area (TPSA) is 184 Å². The molecule has 8 rings (SSSR count). The third-order valence-electron chi connectivity index (χ3n) is 6.68. The van der Waals surface area contributed by atoms with Gasteiger partial charge in [-0.3, -0.25) is 0 Å². The van der Waals surface area contributed by atoms with E-state index in [1.54, 1.807) is 0 Å². The summed E-state index contributed by atoms with van der Waals surface area (Å²) in [6, 6.07) is 22.8. The van der Waals surface area contributed by atoms with Crippen LogP contribution in [0, 0.1) is 0 Å². The second kappa shape index (κ2) is 22.6. The first-order chi connectivity index (χ1) is 26.6. The zero-order valence-electron chi connectivity index (χ0n) is 29.9. The van der Waals surface area contributed by atoms with Crippen molar-refractivity contribution in [1.29, 1.82) is 0 Å². The summed E-state index contributed by atoms with van der Waals surface area (Å²) >= 11 is 5.25. The summed E-state index contributed by atoms with van der Waals surface area (Å²) in [7, 11) is 9.67. The van der Waals surface area contributed by atoms with Crippen molar-refractivity contribution < 1.29 is 34.1 Å². The van der Waals surface area contributed by atoms with E-state index >= 15 is 0 Å². The quantitative estimate of drug-likeness (QED) is 0.135. The molecule has 4 heterocycles. The van der Waals surface area contributed by atoms with Crippen molar-refractivity contribution >= 4 is 126 Å². The molecule has 4 aromatic carbocycles. The molecule has 4 N–H and O–H groups in total. The van der Waals surface area contributed by atoms with Crippen molar-refractivity contribution in [2.75, 3.05) is 26.4 Å². The van der Waals surface area contributed by atoms with Gasteiger partial charge in [-0.2, -0.15) is 0 Å². The molecule has 0 saturated carbocycles. The zero-order valence-corrected chi connectivity index (χ0v) is 36.3. The summed E-state index contributed by atoms with van der Waals surface area (Å²) in [5.74, 6) is 3.38. The SMILES string of the molecule is CCOc1ccc2nc([NH-])sc2c1.CCOc1ccc2nc([NH-])sc2c1.CCOc1ccc2nc([NH-])sc2c1.CCOc1ccc2nc([NH-])sc2c1.[Cl][Rh][Cl]. The van der Waals surface area contributed by atoms with Gasteiger partial charge in [0.05, 0.1) is 26.4 Å². The van der Waals surface area contributed by atoms with Crippen LogP contribution in [0.25, 0.3) is 63.8 Å². The van der Waals surface area contributed by atoms with Gasteiger partial charge in [-0.05, 0) is 119 Å². The molecule has 0 fully saturated rings. The molecule has 0 aliphatic heterocycles. The molecule has 0 radical (unpaired) electrons. The molecule has 19 heteroatoms. The second-order valence-electron chi connectivity index (χ2n) is 10.4. The normalized spacial score (nSPS) is 10.4. The van der Waals surface area contributed by atoms with E-state index in [9.17, 15) is 0 Å². The van der Waals surface area contributed by atoms with Crippen molar-refractivity contribution in [3.8, 4) is 23.0 Å². The molecular weight excluding hydrogens is 911 g/mol. The van der Waals surface area contributed by atoms with E-state index in [1.807, 2.05) is 100 Å². The van der Waals surface area contributed by atoms with Gasteiger partial charge in [0, 0.05) is 18.8 Å². The standard InChI is InChI=1S/4C9H9N2OS.2ClH.Rh/c4*1-2-12-6-3-4-7-8(5-6)13-9(10)11-7;;;/h4*3-5H,2H2,1H3,(H-,10,11);2*1H;/q4*-1;;;+2/p-2. The van der Waals surface area contributed by atoms with Crippen LogP contribution in [0.15, 0.2) is 72.8 Å². The van der Waals surface area contributed by atoms with Gasteiger partial charge in [-0.15, -0.1) is 45.3 Å². The molecule has 0 saturated heterocycles. The Hall–Kier alpha value is -3.96. The van der Waals surface area contributed by atoms with E-state index in [4.69, 9.17) is 61.3 Å². The van der Waals surface area contributed by atoms with Gasteiger partial charge in [0.1, 0.15) is 23.0 Å². The monoisotopic (exact) mass is 945 g/mol. The summed E-state index contributed by atoms with van der Waals surface area (Å²) < 4.78 is 25.4. The minimum atomic E-state index is -0.226. The van der Waals surface area contributed by atoms with Crippen LogP contribution in [0.1, 0.15) is 27.7 Å². The average molecular weight is 947 g/mol. The van der Waals surface area contributed by atoms with E-state index in [2.05, 4.69) is 19.9 Å². The molecule has 0 spiro atoms. The Morgan fingerprint density at radius 3 is 0.818 bits per heavy atom. The molecule has 4 aromatic heterocycles. The summed E-state index contributed by atoms with van der Waals surface area (Å²) in [5, 5.41) is 1.40. The van der Waals surface area contributed by atoms with Gasteiger partial charge in [0.25, 0.3) is 0 Å². The van der Waals surface area contributed by atoms with Crippen LogP contribution >= 0.6 is 64.7 Å². The first-order valence-electron chi connectivity index (χ1n) is 16.4. The van der Waals surface area contributed by atoms with Gasteiger partial charge in [0.15, 0.2) is 0 Å². The van der Waals surface area contributed by atoms with Crippen molar-refractivity contribution in [1.82, 2.24) is 19.9 Å². The Bertz CT molecular complexity index is 2060. The van der Waals surface area contributed by atoms with E-state index in [1.165, 1.54) is 45.3 Å². The number of benzene rings is 4. The molecule has 295 valence electrons. The zero-order chi connectivity index (χ0) is 39.7. The van der Waals surface area contributed by atoms with Crippen molar-refractivity contribution in [2.45, 2.75) is 27.7 Å². The molecule has 0 aliphatic rings. The van der Waals surface area contributed by atoms with Gasteiger partial charge >= 0.3 is 34.5 Å². The number of rotatable bonds is 8. The number of fused-ring (bicyclic) bond motifs is 4. The Morgan fingerprint density at radius 1 is 0.436 bits per heavy atom. The molecule has 0 amide bonds. The fraction of sp³-hybridized carbons (Fsp3) is 0.222. The van der Waals surface area contributed by atoms with Crippen LogP contribution in [0.4, 0.5) is 20.5 Å². The van der Waals surface area contributed by atoms with Gasteiger partial charge in [0.2, 0.25) is 0 Å². The summed E-state index contributed by atoms with van der Waals surface area (Å²) in [5.41, 5.74) is 32.9. The van der Waals surface area contributed by atoms with Crippen LogP contribution in [-0.4, -0.2) is 46.4 Å². The second-order valence-corrected chi connectivity index (χ2v) is 17.0. The number of aromatic nitrogens is 4. The molecule has 0 unspecified atom stereocenters. The maximum absolute atomic E-state index is 7.36. The van der Waals surface area contributed by atoms with E-state index < -0.39 is 0 Å². The summed E-state index contributed by atoms with van der Waals surface area (Å²) in [6.07, 6.45) is 0. The molecule has 0 aliphatic carbocycles. The fourth-order valence-corrected chi connectivity index (χ4v) is 7.63. The molecule has 0 atom stereocenters. The first-order valence-corrected chi connectivity index (χ1v) is 23.9. The summed E-state index contributed by atoms with van der Waals surface area (Å²) in [4.78, 5) is 16.2. The predicted molar refractivity (Wildman–Crippen MR) is 231 cm³/mol. The van der Waals surface area contributed by atoms with Gasteiger partial charge in [-0.1, -0.05) is 24.3 Å². The van der Waals surface area contributed by atoms with Crippen LogP contribution in [-0.2, 0) is 15.1 Å². The molecule has 12 nitrogen and oxygen atoms in total. The minimum absolute atomic E-state index is 0.226. The Labute approximate surface area is 350 Å². The average Bonchev–Trinajstić information content (AvgIpc) is 3.92. The number of ether oxygens (including phenoxy) is 4. The predicted octanol–water partition coefficient (Wildman–Crippen LogP) is 14.9.